The van der Waals surface area contributed by atoms with E-state index in [4.69, 9.17) is 11.6 Å². The second-order valence-electron chi connectivity index (χ2n) is 5.76. The molecule has 1 amide bonds. The van der Waals surface area contributed by atoms with Gasteiger partial charge in [-0.2, -0.15) is 4.31 Å². The molecule has 0 saturated carbocycles. The van der Waals surface area contributed by atoms with Crippen LogP contribution in [0, 0.1) is 0 Å². The lowest BCUT2D eigenvalue weighted by molar-refractivity contribution is -0.274. The summed E-state index contributed by atoms with van der Waals surface area (Å²) in [7, 11) is -3.80. The summed E-state index contributed by atoms with van der Waals surface area (Å²) in [5, 5.41) is 2.48. The lowest BCUT2D eigenvalue weighted by Gasteiger charge is -2.19. The van der Waals surface area contributed by atoms with Crippen molar-refractivity contribution in [1.29, 1.82) is 0 Å². The van der Waals surface area contributed by atoms with E-state index in [1.54, 1.807) is 13.8 Å². The van der Waals surface area contributed by atoms with E-state index in [-0.39, 0.29) is 34.3 Å². The van der Waals surface area contributed by atoms with Crippen molar-refractivity contribution in [2.75, 3.05) is 18.4 Å². The van der Waals surface area contributed by atoms with Crippen molar-refractivity contribution < 1.29 is 31.1 Å². The molecule has 0 heterocycles. The predicted molar refractivity (Wildman–Crippen MR) is 103 cm³/mol. The number of amides is 1. The number of sulfonamides is 1. The molecule has 0 bridgehead atoms. The molecule has 0 atom stereocenters. The fourth-order valence-electron chi connectivity index (χ4n) is 2.49. The fraction of sp³-hybridized carbons (Fsp3) is 0.278. The summed E-state index contributed by atoms with van der Waals surface area (Å²) in [6.45, 7) is 3.90. The van der Waals surface area contributed by atoms with Crippen molar-refractivity contribution in [1.82, 2.24) is 4.31 Å². The van der Waals surface area contributed by atoms with Gasteiger partial charge in [-0.1, -0.05) is 25.4 Å². The third kappa shape index (κ3) is 5.84. The largest absolute Gasteiger partial charge is 0.573 e. The summed E-state index contributed by atoms with van der Waals surface area (Å²) in [6.07, 6.45) is -4.82. The summed E-state index contributed by atoms with van der Waals surface area (Å²) >= 11 is 6.04. The van der Waals surface area contributed by atoms with Crippen molar-refractivity contribution in [2.24, 2.45) is 0 Å². The summed E-state index contributed by atoms with van der Waals surface area (Å²) < 4.78 is 66.9. The van der Waals surface area contributed by atoms with Gasteiger partial charge in [0.15, 0.2) is 0 Å². The monoisotopic (exact) mass is 450 g/mol. The van der Waals surface area contributed by atoms with Gasteiger partial charge in [-0.15, -0.1) is 13.2 Å². The lowest BCUT2D eigenvalue weighted by atomic mass is 10.2. The minimum Gasteiger partial charge on any atom is -0.406 e. The van der Waals surface area contributed by atoms with Gasteiger partial charge in [0.2, 0.25) is 10.0 Å². The van der Waals surface area contributed by atoms with Crippen LogP contribution in [0.4, 0.5) is 18.9 Å². The molecule has 2 aromatic rings. The lowest BCUT2D eigenvalue weighted by Crippen LogP contribution is -2.30. The number of alkyl halides is 3. The highest BCUT2D eigenvalue weighted by molar-refractivity contribution is 7.89. The number of anilines is 1. The molecule has 6 nitrogen and oxygen atoms in total. The van der Waals surface area contributed by atoms with Gasteiger partial charge >= 0.3 is 6.36 Å². The standard InChI is InChI=1S/C18H18ClF3N2O4S/c1-3-24(4-2)29(26,27)14-9-10-16(19)15(11-14)17(25)23-12-5-7-13(8-6-12)28-18(20,21)22/h5-11H,3-4H2,1-2H3,(H,23,25). The van der Waals surface area contributed by atoms with Gasteiger partial charge in [0, 0.05) is 18.8 Å². The Morgan fingerprint density at radius 2 is 1.69 bits per heavy atom. The van der Waals surface area contributed by atoms with E-state index < -0.39 is 28.0 Å². The molecule has 0 aliphatic heterocycles. The molecular formula is C18H18ClF3N2O4S. The highest BCUT2D eigenvalue weighted by atomic mass is 35.5. The van der Waals surface area contributed by atoms with Gasteiger partial charge in [0.1, 0.15) is 5.75 Å². The smallest absolute Gasteiger partial charge is 0.406 e. The van der Waals surface area contributed by atoms with Crippen LogP contribution in [-0.2, 0) is 10.0 Å². The van der Waals surface area contributed by atoms with Crippen molar-refractivity contribution in [2.45, 2.75) is 25.1 Å². The summed E-state index contributed by atoms with van der Waals surface area (Å²) in [5.74, 6) is -1.16. The minimum atomic E-state index is -4.82. The Labute approximate surface area is 171 Å². The SMILES string of the molecule is CCN(CC)S(=O)(=O)c1ccc(Cl)c(C(=O)Nc2ccc(OC(F)(F)F)cc2)c1. The van der Waals surface area contributed by atoms with Gasteiger partial charge < -0.3 is 10.1 Å². The van der Waals surface area contributed by atoms with E-state index in [2.05, 4.69) is 10.1 Å². The third-order valence-electron chi connectivity index (χ3n) is 3.87. The Morgan fingerprint density at radius 3 is 2.21 bits per heavy atom. The molecular weight excluding hydrogens is 433 g/mol. The van der Waals surface area contributed by atoms with Crippen LogP contribution in [0.15, 0.2) is 47.4 Å². The maximum Gasteiger partial charge on any atom is 0.573 e. The summed E-state index contributed by atoms with van der Waals surface area (Å²) in [5.41, 5.74) is 0.0908. The Kier molecular flexibility index (Phi) is 7.15. The van der Waals surface area contributed by atoms with E-state index in [0.717, 1.165) is 18.2 Å². The second kappa shape index (κ2) is 9.02. The number of nitrogens with one attached hydrogen (secondary N) is 1. The molecule has 0 aliphatic rings. The van der Waals surface area contributed by atoms with Gasteiger partial charge in [0.05, 0.1) is 15.5 Å². The number of rotatable bonds is 7. The van der Waals surface area contributed by atoms with Crippen LogP contribution >= 0.6 is 11.6 Å². The third-order valence-corrected chi connectivity index (χ3v) is 6.25. The maximum atomic E-state index is 12.6. The fourth-order valence-corrected chi connectivity index (χ4v) is 4.18. The molecule has 2 aromatic carbocycles. The van der Waals surface area contributed by atoms with Crippen LogP contribution in [0.1, 0.15) is 24.2 Å². The van der Waals surface area contributed by atoms with Crippen molar-refractivity contribution >= 4 is 33.2 Å². The Bertz CT molecular complexity index is 976. The van der Waals surface area contributed by atoms with Gasteiger partial charge in [-0.25, -0.2) is 8.42 Å². The van der Waals surface area contributed by atoms with Gasteiger partial charge in [-0.05, 0) is 42.5 Å². The zero-order chi connectivity index (χ0) is 21.8. The number of carbonyl (C=O) groups is 1. The topological polar surface area (TPSA) is 75.7 Å². The first kappa shape index (κ1) is 23.0. The average molecular weight is 451 g/mol. The molecule has 2 rings (SSSR count). The molecule has 0 aromatic heterocycles. The first-order chi connectivity index (χ1) is 13.5. The van der Waals surface area contributed by atoms with Crippen molar-refractivity contribution in [3.63, 3.8) is 0 Å². The summed E-state index contributed by atoms with van der Waals surface area (Å²) in [6, 6.07) is 8.25. The van der Waals surface area contributed by atoms with E-state index in [9.17, 15) is 26.4 Å². The van der Waals surface area contributed by atoms with E-state index in [0.29, 0.717) is 0 Å². The molecule has 29 heavy (non-hydrogen) atoms. The van der Waals surface area contributed by atoms with Crippen molar-refractivity contribution in [3.05, 3.63) is 53.1 Å². The highest BCUT2D eigenvalue weighted by Crippen LogP contribution is 2.26. The highest BCUT2D eigenvalue weighted by Gasteiger charge is 2.31. The molecule has 0 radical (unpaired) electrons. The quantitative estimate of drug-likeness (QED) is 0.673. The number of ether oxygens (including phenoxy) is 1. The van der Waals surface area contributed by atoms with Crippen LogP contribution in [0.2, 0.25) is 5.02 Å². The first-order valence-electron chi connectivity index (χ1n) is 8.44. The molecule has 1 N–H and O–H groups in total. The number of carbonyl (C=O) groups excluding carboxylic acids is 1. The minimum absolute atomic E-state index is 0.0259. The average Bonchev–Trinajstić information content (AvgIpc) is 2.63. The number of hydrogen-bond donors (Lipinski definition) is 1. The Balaban J connectivity index is 2.25. The molecule has 0 unspecified atom stereocenters. The first-order valence-corrected chi connectivity index (χ1v) is 10.3. The molecule has 0 aliphatic carbocycles. The van der Waals surface area contributed by atoms with Crippen LogP contribution in [-0.4, -0.2) is 38.1 Å². The van der Waals surface area contributed by atoms with E-state index in [1.165, 1.54) is 28.6 Å². The molecule has 0 saturated heterocycles. The van der Waals surface area contributed by atoms with E-state index >= 15 is 0 Å². The van der Waals surface area contributed by atoms with E-state index in [1.807, 2.05) is 0 Å². The maximum absolute atomic E-state index is 12.6. The number of nitrogens with zero attached hydrogens (tertiary/aromatic N) is 1. The Hall–Kier alpha value is -2.30. The van der Waals surface area contributed by atoms with Crippen LogP contribution < -0.4 is 10.1 Å². The zero-order valence-corrected chi connectivity index (χ0v) is 17.0. The normalized spacial score (nSPS) is 12.1. The molecule has 0 spiro atoms. The second-order valence-corrected chi connectivity index (χ2v) is 8.10. The van der Waals surface area contributed by atoms with Gasteiger partial charge in [0.25, 0.3) is 5.91 Å². The Morgan fingerprint density at radius 1 is 1.10 bits per heavy atom. The molecule has 0 fully saturated rings. The summed E-state index contributed by atoms with van der Waals surface area (Å²) in [4.78, 5) is 12.4. The van der Waals surface area contributed by atoms with Crippen LogP contribution in [0.5, 0.6) is 5.75 Å². The number of benzene rings is 2. The predicted octanol–water partition coefficient (Wildman–Crippen LogP) is 4.52. The number of halogens is 4. The van der Waals surface area contributed by atoms with Gasteiger partial charge in [-0.3, -0.25) is 4.79 Å². The van der Waals surface area contributed by atoms with Crippen LogP contribution in [0.25, 0.3) is 0 Å². The van der Waals surface area contributed by atoms with Crippen molar-refractivity contribution in [3.8, 4) is 5.75 Å². The molecule has 158 valence electrons. The molecule has 11 heteroatoms. The number of hydrogen-bond acceptors (Lipinski definition) is 4. The zero-order valence-electron chi connectivity index (χ0n) is 15.5. The van der Waals surface area contributed by atoms with Crippen LogP contribution in [0.3, 0.4) is 0 Å².